The zero-order valence-electron chi connectivity index (χ0n) is 16.6. The average molecular weight is 411 g/mol. The standard InChI is InChI=1S/C21H21N3O6/c1-13-4-3-5-17(8-13)23-11-15(9-20(23)26)21(27)30-12-19(25)22-16-7-6-14(2)18(10-16)24(28)29/h3-8,10,15H,9,11-12H2,1-2H3,(H,22,25)/t15-/m1/s1. The van der Waals surface area contributed by atoms with E-state index in [1.54, 1.807) is 13.0 Å². The molecule has 0 radical (unpaired) electrons. The van der Waals surface area contributed by atoms with E-state index in [4.69, 9.17) is 4.74 Å². The second-order valence-corrected chi connectivity index (χ2v) is 7.16. The molecule has 30 heavy (non-hydrogen) atoms. The molecule has 0 unspecified atom stereocenters. The van der Waals surface area contributed by atoms with Gasteiger partial charge >= 0.3 is 5.97 Å². The molecule has 0 bridgehead atoms. The molecule has 9 heteroatoms. The Hall–Kier alpha value is -3.75. The molecule has 1 N–H and O–H groups in total. The molecular weight excluding hydrogens is 390 g/mol. The van der Waals surface area contributed by atoms with Gasteiger partial charge < -0.3 is 15.0 Å². The maximum absolute atomic E-state index is 12.3. The van der Waals surface area contributed by atoms with Crippen molar-refractivity contribution in [3.05, 3.63) is 63.7 Å². The Morgan fingerprint density at radius 2 is 2.00 bits per heavy atom. The van der Waals surface area contributed by atoms with E-state index in [0.717, 1.165) is 5.56 Å². The Kier molecular flexibility index (Phi) is 6.10. The number of benzene rings is 2. The van der Waals surface area contributed by atoms with Crippen LogP contribution < -0.4 is 10.2 Å². The Balaban J connectivity index is 1.54. The van der Waals surface area contributed by atoms with Crippen LogP contribution in [0.1, 0.15) is 17.5 Å². The quantitative estimate of drug-likeness (QED) is 0.443. The minimum absolute atomic E-state index is 0.0125. The molecule has 1 fully saturated rings. The van der Waals surface area contributed by atoms with E-state index >= 15 is 0 Å². The van der Waals surface area contributed by atoms with E-state index < -0.39 is 29.3 Å². The summed E-state index contributed by atoms with van der Waals surface area (Å²) in [6, 6.07) is 11.7. The average Bonchev–Trinajstić information content (AvgIpc) is 3.09. The molecule has 2 aromatic carbocycles. The molecule has 1 atom stereocenters. The second-order valence-electron chi connectivity index (χ2n) is 7.16. The minimum Gasteiger partial charge on any atom is -0.455 e. The topological polar surface area (TPSA) is 119 Å². The van der Waals surface area contributed by atoms with Crippen molar-refractivity contribution in [2.45, 2.75) is 20.3 Å². The van der Waals surface area contributed by atoms with Crippen molar-refractivity contribution >= 4 is 34.8 Å². The summed E-state index contributed by atoms with van der Waals surface area (Å²) in [7, 11) is 0. The Labute approximate surface area is 172 Å². The molecule has 1 heterocycles. The number of rotatable bonds is 6. The maximum atomic E-state index is 12.3. The molecule has 9 nitrogen and oxygen atoms in total. The number of nitrogens with zero attached hydrogens (tertiary/aromatic N) is 2. The van der Waals surface area contributed by atoms with Gasteiger partial charge in [-0.15, -0.1) is 0 Å². The zero-order chi connectivity index (χ0) is 21.8. The lowest BCUT2D eigenvalue weighted by Gasteiger charge is -2.17. The molecule has 1 aliphatic heterocycles. The predicted octanol–water partition coefficient (Wildman–Crippen LogP) is 2.75. The molecule has 1 saturated heterocycles. The Morgan fingerprint density at radius 3 is 2.70 bits per heavy atom. The lowest BCUT2D eigenvalue weighted by molar-refractivity contribution is -0.385. The van der Waals surface area contributed by atoms with Gasteiger partial charge in [-0.3, -0.25) is 24.5 Å². The number of anilines is 2. The van der Waals surface area contributed by atoms with Crippen LogP contribution in [0.5, 0.6) is 0 Å². The van der Waals surface area contributed by atoms with Crippen LogP contribution in [-0.4, -0.2) is 35.9 Å². The fourth-order valence-electron chi connectivity index (χ4n) is 3.25. The Bertz CT molecular complexity index is 1020. The fourth-order valence-corrected chi connectivity index (χ4v) is 3.25. The van der Waals surface area contributed by atoms with E-state index in [0.29, 0.717) is 11.3 Å². The molecule has 3 rings (SSSR count). The van der Waals surface area contributed by atoms with Crippen molar-refractivity contribution in [2.75, 3.05) is 23.4 Å². The number of carbonyl (C=O) groups is 3. The summed E-state index contributed by atoms with van der Waals surface area (Å²) in [5.74, 6) is -2.10. The highest BCUT2D eigenvalue weighted by Gasteiger charge is 2.36. The molecule has 2 aromatic rings. The summed E-state index contributed by atoms with van der Waals surface area (Å²) in [5, 5.41) is 13.4. The van der Waals surface area contributed by atoms with E-state index in [2.05, 4.69) is 5.32 Å². The molecule has 156 valence electrons. The van der Waals surface area contributed by atoms with Gasteiger partial charge in [0.2, 0.25) is 5.91 Å². The molecule has 0 saturated carbocycles. The number of nitro benzene ring substituents is 1. The number of nitro groups is 1. The highest BCUT2D eigenvalue weighted by molar-refractivity contribution is 6.00. The summed E-state index contributed by atoms with van der Waals surface area (Å²) >= 11 is 0. The fraction of sp³-hybridized carbons (Fsp3) is 0.286. The van der Waals surface area contributed by atoms with E-state index in [9.17, 15) is 24.5 Å². The van der Waals surface area contributed by atoms with Crippen LogP contribution in [0.2, 0.25) is 0 Å². The van der Waals surface area contributed by atoms with Crippen LogP contribution in [0.25, 0.3) is 0 Å². The van der Waals surface area contributed by atoms with Crippen molar-refractivity contribution in [3.8, 4) is 0 Å². The molecule has 1 aliphatic rings. The van der Waals surface area contributed by atoms with Gasteiger partial charge in [-0.05, 0) is 37.6 Å². The SMILES string of the molecule is Cc1cccc(N2C[C@H](C(=O)OCC(=O)Nc3ccc(C)c([N+](=O)[O-])c3)CC2=O)c1. The number of esters is 1. The van der Waals surface area contributed by atoms with Gasteiger partial charge in [-0.1, -0.05) is 18.2 Å². The predicted molar refractivity (Wildman–Crippen MR) is 109 cm³/mol. The van der Waals surface area contributed by atoms with Gasteiger partial charge in [0.25, 0.3) is 11.6 Å². The third-order valence-corrected chi connectivity index (χ3v) is 4.81. The van der Waals surface area contributed by atoms with Crippen molar-refractivity contribution < 1.29 is 24.0 Å². The van der Waals surface area contributed by atoms with E-state index in [1.165, 1.54) is 23.1 Å². The smallest absolute Gasteiger partial charge is 0.311 e. The van der Waals surface area contributed by atoms with Gasteiger partial charge in [-0.25, -0.2) is 0 Å². The minimum atomic E-state index is -0.661. The first-order valence-corrected chi connectivity index (χ1v) is 9.33. The monoisotopic (exact) mass is 411 g/mol. The third kappa shape index (κ3) is 4.80. The third-order valence-electron chi connectivity index (χ3n) is 4.81. The Morgan fingerprint density at radius 1 is 1.23 bits per heavy atom. The van der Waals surface area contributed by atoms with Crippen LogP contribution in [0.4, 0.5) is 17.1 Å². The summed E-state index contributed by atoms with van der Waals surface area (Å²) in [5.41, 5.74) is 2.29. The van der Waals surface area contributed by atoms with Crippen molar-refractivity contribution in [1.82, 2.24) is 0 Å². The first-order valence-electron chi connectivity index (χ1n) is 9.33. The highest BCUT2D eigenvalue weighted by Crippen LogP contribution is 2.26. The van der Waals surface area contributed by atoms with Gasteiger partial charge in [0, 0.05) is 36.0 Å². The number of aryl methyl sites for hydroxylation is 2. The molecule has 2 amide bonds. The molecule has 0 aromatic heterocycles. The number of hydrogen-bond acceptors (Lipinski definition) is 6. The summed E-state index contributed by atoms with van der Waals surface area (Å²) in [6.45, 7) is 3.15. The van der Waals surface area contributed by atoms with Gasteiger partial charge in [0.05, 0.1) is 10.8 Å². The van der Waals surface area contributed by atoms with E-state index in [1.807, 2.05) is 25.1 Å². The van der Waals surface area contributed by atoms with Gasteiger partial charge in [0.15, 0.2) is 6.61 Å². The number of amides is 2. The number of hydrogen-bond donors (Lipinski definition) is 1. The van der Waals surface area contributed by atoms with Crippen molar-refractivity contribution in [3.63, 3.8) is 0 Å². The highest BCUT2D eigenvalue weighted by atomic mass is 16.6. The van der Waals surface area contributed by atoms with Crippen LogP contribution in [0.15, 0.2) is 42.5 Å². The van der Waals surface area contributed by atoms with Crippen LogP contribution in [0.3, 0.4) is 0 Å². The number of nitrogens with one attached hydrogen (secondary N) is 1. The lowest BCUT2D eigenvalue weighted by atomic mass is 10.1. The molecule has 0 aliphatic carbocycles. The largest absolute Gasteiger partial charge is 0.455 e. The van der Waals surface area contributed by atoms with Crippen molar-refractivity contribution in [2.24, 2.45) is 5.92 Å². The first kappa shape index (κ1) is 21.0. The number of ether oxygens (including phenoxy) is 1. The summed E-state index contributed by atoms with van der Waals surface area (Å²) in [6.07, 6.45) is 0.0125. The van der Waals surface area contributed by atoms with Crippen LogP contribution >= 0.6 is 0 Å². The normalized spacial score (nSPS) is 15.7. The lowest BCUT2D eigenvalue weighted by Crippen LogP contribution is -2.28. The van der Waals surface area contributed by atoms with Crippen LogP contribution in [-0.2, 0) is 19.1 Å². The summed E-state index contributed by atoms with van der Waals surface area (Å²) in [4.78, 5) is 48.6. The van der Waals surface area contributed by atoms with Crippen LogP contribution in [0, 0.1) is 29.9 Å². The van der Waals surface area contributed by atoms with E-state index in [-0.39, 0.29) is 30.2 Å². The molecular formula is C21H21N3O6. The maximum Gasteiger partial charge on any atom is 0.311 e. The van der Waals surface area contributed by atoms with Gasteiger partial charge in [0.1, 0.15) is 0 Å². The number of carbonyl (C=O) groups excluding carboxylic acids is 3. The second kappa shape index (κ2) is 8.73. The summed E-state index contributed by atoms with van der Waals surface area (Å²) < 4.78 is 5.05. The molecule has 0 spiro atoms. The van der Waals surface area contributed by atoms with Crippen molar-refractivity contribution in [1.29, 1.82) is 0 Å². The zero-order valence-corrected chi connectivity index (χ0v) is 16.6. The van der Waals surface area contributed by atoms with Gasteiger partial charge in [-0.2, -0.15) is 0 Å². The first-order chi connectivity index (χ1) is 14.2.